The van der Waals surface area contributed by atoms with Crippen molar-refractivity contribution in [1.82, 2.24) is 0 Å². The molecule has 0 saturated heterocycles. The Morgan fingerprint density at radius 1 is 0.938 bits per heavy atom. The number of ether oxygens (including phenoxy) is 4. The molecule has 0 saturated carbocycles. The second-order valence-electron chi connectivity index (χ2n) is 2.97. The Bertz CT molecular complexity index is 146. The minimum atomic E-state index is -1.68. The molecule has 98 valence electrons. The first-order valence-electron chi connectivity index (χ1n) is 5.45. The van der Waals surface area contributed by atoms with Gasteiger partial charge in [-0.3, -0.25) is 0 Å². The molecule has 0 aliphatic carbocycles. The lowest BCUT2D eigenvalue weighted by molar-refractivity contribution is -0.373. The quantitative estimate of drug-likeness (QED) is 0.381. The second-order valence-corrected chi connectivity index (χ2v) is 2.97. The Balaban J connectivity index is 3.59. The van der Waals surface area contributed by atoms with Crippen molar-refractivity contribution < 1.29 is 29.2 Å². The van der Waals surface area contributed by atoms with Gasteiger partial charge in [-0.1, -0.05) is 0 Å². The van der Waals surface area contributed by atoms with Crippen molar-refractivity contribution in [3.8, 4) is 0 Å². The topological polar surface area (TPSA) is 77.4 Å². The average molecular weight is 238 g/mol. The molecule has 0 rings (SSSR count). The van der Waals surface area contributed by atoms with Gasteiger partial charge in [-0.2, -0.15) is 0 Å². The van der Waals surface area contributed by atoms with Crippen LogP contribution in [0.2, 0.25) is 0 Å². The van der Waals surface area contributed by atoms with E-state index in [1.807, 2.05) is 0 Å². The fourth-order valence-electron chi connectivity index (χ4n) is 1.06. The van der Waals surface area contributed by atoms with Gasteiger partial charge in [-0.25, -0.2) is 0 Å². The molecule has 0 bridgehead atoms. The first-order chi connectivity index (χ1) is 7.68. The fourth-order valence-corrected chi connectivity index (χ4v) is 1.06. The van der Waals surface area contributed by atoms with Crippen LogP contribution in [0.4, 0.5) is 0 Å². The zero-order valence-electron chi connectivity index (χ0n) is 9.98. The van der Waals surface area contributed by atoms with Crippen LogP contribution in [0.3, 0.4) is 0 Å². The molecule has 6 nitrogen and oxygen atoms in total. The predicted octanol–water partition coefficient (Wildman–Crippen LogP) is -0.269. The Labute approximate surface area is 96.1 Å². The van der Waals surface area contributed by atoms with E-state index in [4.69, 9.17) is 24.1 Å². The average Bonchev–Trinajstić information content (AvgIpc) is 2.24. The highest BCUT2D eigenvalue weighted by atomic mass is 16.8. The number of hydrogen-bond acceptors (Lipinski definition) is 6. The fraction of sp³-hybridized carbons (Fsp3) is 1.00. The lowest BCUT2D eigenvalue weighted by Gasteiger charge is -2.26. The molecule has 0 aliphatic rings. The number of hydrogen-bond donors (Lipinski definition) is 2. The van der Waals surface area contributed by atoms with Crippen LogP contribution in [-0.4, -0.2) is 62.4 Å². The number of rotatable bonds is 11. The van der Waals surface area contributed by atoms with Crippen LogP contribution in [0.25, 0.3) is 0 Å². The number of aliphatic hydroxyl groups excluding tert-OH is 1. The maximum atomic E-state index is 9.76. The van der Waals surface area contributed by atoms with E-state index < -0.39 is 5.97 Å². The molecule has 0 radical (unpaired) electrons. The summed E-state index contributed by atoms with van der Waals surface area (Å²) in [4.78, 5) is 0. The van der Waals surface area contributed by atoms with E-state index in [0.717, 1.165) is 0 Å². The molecule has 16 heavy (non-hydrogen) atoms. The Kier molecular flexibility index (Phi) is 9.80. The standard InChI is InChI=1S/C10H22O6/c1-3-15-10(12,16-4-2)9-14-8-7-13-6-5-11/h11-12H,3-9H2,1-2H3. The highest BCUT2D eigenvalue weighted by Gasteiger charge is 2.28. The van der Waals surface area contributed by atoms with E-state index in [0.29, 0.717) is 26.4 Å². The second kappa shape index (κ2) is 9.95. The minimum Gasteiger partial charge on any atom is -0.394 e. The molecule has 0 atom stereocenters. The first-order valence-corrected chi connectivity index (χ1v) is 5.45. The van der Waals surface area contributed by atoms with Gasteiger partial charge in [0.25, 0.3) is 0 Å². The molecule has 2 N–H and O–H groups in total. The van der Waals surface area contributed by atoms with Crippen molar-refractivity contribution in [2.75, 3.05) is 46.2 Å². The van der Waals surface area contributed by atoms with E-state index in [2.05, 4.69) is 0 Å². The third-order valence-corrected chi connectivity index (χ3v) is 1.63. The van der Waals surface area contributed by atoms with Crippen molar-refractivity contribution in [3.05, 3.63) is 0 Å². The highest BCUT2D eigenvalue weighted by Crippen LogP contribution is 2.09. The zero-order chi connectivity index (χ0) is 12.3. The molecule has 6 heteroatoms. The minimum absolute atomic E-state index is 0.0121. The maximum Gasteiger partial charge on any atom is 0.305 e. The van der Waals surface area contributed by atoms with Crippen molar-refractivity contribution in [1.29, 1.82) is 0 Å². The molecule has 0 amide bonds. The maximum absolute atomic E-state index is 9.76. The summed E-state index contributed by atoms with van der Waals surface area (Å²) in [5, 5.41) is 18.2. The van der Waals surface area contributed by atoms with Gasteiger partial charge in [0.1, 0.15) is 6.61 Å². The molecule has 0 spiro atoms. The molecule has 0 aromatic heterocycles. The van der Waals surface area contributed by atoms with Gasteiger partial charge in [-0.05, 0) is 13.8 Å². The van der Waals surface area contributed by atoms with Crippen LogP contribution in [0.1, 0.15) is 13.8 Å². The van der Waals surface area contributed by atoms with Crippen LogP contribution in [-0.2, 0) is 18.9 Å². The van der Waals surface area contributed by atoms with Gasteiger partial charge in [0.15, 0.2) is 0 Å². The summed E-state index contributed by atoms with van der Waals surface area (Å²) < 4.78 is 20.2. The molecule has 0 aromatic rings. The number of aliphatic hydroxyl groups is 2. The van der Waals surface area contributed by atoms with E-state index in [-0.39, 0.29) is 19.8 Å². The normalized spacial score (nSPS) is 12.0. The first kappa shape index (κ1) is 15.8. The molecular weight excluding hydrogens is 216 g/mol. The van der Waals surface area contributed by atoms with Crippen LogP contribution < -0.4 is 0 Å². The summed E-state index contributed by atoms with van der Waals surface area (Å²) in [6, 6.07) is 0. The molecule has 0 aromatic carbocycles. The van der Waals surface area contributed by atoms with Gasteiger partial charge in [-0.15, -0.1) is 0 Å². The molecule has 0 aliphatic heterocycles. The molecular formula is C10H22O6. The third-order valence-electron chi connectivity index (χ3n) is 1.63. The summed E-state index contributed by atoms with van der Waals surface area (Å²) >= 11 is 0. The van der Waals surface area contributed by atoms with Crippen LogP contribution in [0.5, 0.6) is 0 Å². The van der Waals surface area contributed by atoms with Crippen LogP contribution in [0, 0.1) is 0 Å². The third kappa shape index (κ3) is 7.98. The van der Waals surface area contributed by atoms with E-state index in [1.54, 1.807) is 13.8 Å². The van der Waals surface area contributed by atoms with Crippen LogP contribution in [0.15, 0.2) is 0 Å². The monoisotopic (exact) mass is 238 g/mol. The van der Waals surface area contributed by atoms with Crippen molar-refractivity contribution >= 4 is 0 Å². The Morgan fingerprint density at radius 2 is 1.50 bits per heavy atom. The van der Waals surface area contributed by atoms with E-state index >= 15 is 0 Å². The molecule has 0 heterocycles. The van der Waals surface area contributed by atoms with Gasteiger partial charge >= 0.3 is 5.97 Å². The summed E-state index contributed by atoms with van der Waals surface area (Å²) in [5.41, 5.74) is 0. The van der Waals surface area contributed by atoms with Crippen molar-refractivity contribution in [3.63, 3.8) is 0 Å². The zero-order valence-corrected chi connectivity index (χ0v) is 9.98. The van der Waals surface area contributed by atoms with Crippen LogP contribution >= 0.6 is 0 Å². The highest BCUT2D eigenvalue weighted by molar-refractivity contribution is 4.51. The lowest BCUT2D eigenvalue weighted by Crippen LogP contribution is -2.41. The molecule has 0 fully saturated rings. The van der Waals surface area contributed by atoms with Gasteiger partial charge < -0.3 is 29.2 Å². The van der Waals surface area contributed by atoms with Gasteiger partial charge in [0, 0.05) is 13.2 Å². The predicted molar refractivity (Wildman–Crippen MR) is 56.9 cm³/mol. The van der Waals surface area contributed by atoms with E-state index in [1.165, 1.54) is 0 Å². The van der Waals surface area contributed by atoms with Gasteiger partial charge in [0.05, 0.1) is 26.4 Å². The summed E-state index contributed by atoms with van der Waals surface area (Å²) in [6.07, 6.45) is 0. The SMILES string of the molecule is CCOC(O)(COCCOCCO)OCC. The largest absolute Gasteiger partial charge is 0.394 e. The smallest absolute Gasteiger partial charge is 0.305 e. The summed E-state index contributed by atoms with van der Waals surface area (Å²) in [5.74, 6) is -1.68. The Hall–Kier alpha value is -0.240. The summed E-state index contributed by atoms with van der Waals surface area (Å²) in [7, 11) is 0. The summed E-state index contributed by atoms with van der Waals surface area (Å²) in [6.45, 7) is 5.05. The Morgan fingerprint density at radius 3 is 2.00 bits per heavy atom. The lowest BCUT2D eigenvalue weighted by atomic mass is 10.5. The van der Waals surface area contributed by atoms with Crippen molar-refractivity contribution in [2.24, 2.45) is 0 Å². The van der Waals surface area contributed by atoms with Crippen molar-refractivity contribution in [2.45, 2.75) is 19.8 Å². The molecule has 0 unspecified atom stereocenters. The van der Waals surface area contributed by atoms with E-state index in [9.17, 15) is 5.11 Å². The van der Waals surface area contributed by atoms with Gasteiger partial charge in [0.2, 0.25) is 0 Å².